The first-order chi connectivity index (χ1) is 35.8. The molecule has 10 atom stereocenters. The minimum absolute atomic E-state index is 0.0781. The van der Waals surface area contributed by atoms with Gasteiger partial charge in [0.15, 0.2) is 12.6 Å². The van der Waals surface area contributed by atoms with E-state index in [1.54, 1.807) is 0 Å². The Morgan fingerprint density at radius 3 is 1.05 bits per heavy atom. The highest BCUT2D eigenvalue weighted by atomic mass is 16.7. The molecule has 0 fully saturated rings. The number of aliphatic hydroxyl groups excluding tert-OH is 3. The van der Waals surface area contributed by atoms with E-state index >= 15 is 0 Å². The number of ether oxygens (including phenoxy) is 8. The van der Waals surface area contributed by atoms with E-state index in [9.17, 15) is 15.3 Å². The molecular weight excluding hydrogens is 923 g/mol. The highest BCUT2D eigenvalue weighted by Gasteiger charge is 2.45. The van der Waals surface area contributed by atoms with Crippen LogP contribution in [0, 0.1) is 11.8 Å². The van der Waals surface area contributed by atoms with Crippen LogP contribution in [0.1, 0.15) is 66.5 Å². The van der Waals surface area contributed by atoms with Crippen LogP contribution in [0.25, 0.3) is 0 Å². The Bertz CT molecular complexity index is 2280. The van der Waals surface area contributed by atoms with E-state index in [-0.39, 0.29) is 58.1 Å². The van der Waals surface area contributed by atoms with Gasteiger partial charge >= 0.3 is 0 Å². The van der Waals surface area contributed by atoms with Crippen LogP contribution in [0.3, 0.4) is 0 Å². The van der Waals surface area contributed by atoms with Crippen molar-refractivity contribution in [3.05, 3.63) is 215 Å². The normalized spacial score (nSPS) is 15.9. The van der Waals surface area contributed by atoms with Crippen LogP contribution in [0.2, 0.25) is 0 Å². The zero-order valence-electron chi connectivity index (χ0n) is 42.5. The third-order valence-electron chi connectivity index (χ3n) is 12.6. The van der Waals surface area contributed by atoms with Gasteiger partial charge in [-0.05, 0) is 59.2 Å². The third kappa shape index (κ3) is 20.2. The van der Waals surface area contributed by atoms with Crippen LogP contribution in [-0.4, -0.2) is 90.9 Å². The topological polar surface area (TPSA) is 161 Å². The smallest absolute Gasteiger partial charge is 0.184 e. The Hall–Kier alpha value is -5.16. The lowest BCUT2D eigenvalue weighted by molar-refractivity contribution is -0.304. The molecule has 0 saturated heterocycles. The van der Waals surface area contributed by atoms with E-state index in [1.807, 2.05) is 196 Å². The molecule has 0 aromatic heterocycles. The Labute approximate surface area is 432 Å². The van der Waals surface area contributed by atoms with E-state index in [0.717, 1.165) is 46.2 Å². The summed E-state index contributed by atoms with van der Waals surface area (Å²) in [5.74, 6) is -0.740. The Morgan fingerprint density at radius 2 is 0.685 bits per heavy atom. The zero-order chi connectivity index (χ0) is 51.3. The van der Waals surface area contributed by atoms with Gasteiger partial charge in [-0.15, -0.1) is 0 Å². The molecule has 5 N–H and O–H groups in total. The second-order valence-electron chi connectivity index (χ2n) is 18.6. The molecular formula is C61H77NO11. The Balaban J connectivity index is 1.35. The number of hydrogen-bond donors (Lipinski definition) is 4. The molecule has 0 aliphatic heterocycles. The number of unbranched alkanes of at least 4 members (excludes halogenated alkanes) is 2. The number of nitrogens with two attached hydrogens (primary N) is 1. The fourth-order valence-corrected chi connectivity index (χ4v) is 8.49. The first-order valence-electron chi connectivity index (χ1n) is 25.7. The lowest BCUT2D eigenvalue weighted by Gasteiger charge is -2.41. The molecule has 10 unspecified atom stereocenters. The van der Waals surface area contributed by atoms with E-state index < -0.39 is 49.2 Å². The zero-order valence-corrected chi connectivity index (χ0v) is 42.5. The van der Waals surface area contributed by atoms with Crippen LogP contribution >= 0.6 is 0 Å². The fraction of sp³-hybridized carbons (Fsp3) is 0.410. The summed E-state index contributed by atoms with van der Waals surface area (Å²) >= 11 is 0. The Kier molecular flexibility index (Phi) is 25.7. The van der Waals surface area contributed by atoms with Crippen LogP contribution in [0.15, 0.2) is 182 Å². The number of benzene rings is 6. The standard InChI is InChI=1S/C61H77NO11/c1-46(38-66-40-48-24-10-3-11-25-48)55(69-42-50-28-14-5-15-29-50)57(71-44-52-32-18-7-19-33-52)54(63)60(64)73-59(61(65)68-37-23-9-22-36-62)58(72-45-53-34-20-8-21-35-53)56(70-43-51-30-16-6-17-31-51)47(2)39-67-41-49-26-12-4-13-27-49/h3-8,10-21,24-35,46-47,54-61,63-65H,9,22-23,36-45,62H2,1-2H3. The predicted molar refractivity (Wildman–Crippen MR) is 282 cm³/mol. The molecule has 6 aromatic rings. The van der Waals surface area contributed by atoms with Crippen molar-refractivity contribution in [2.24, 2.45) is 17.6 Å². The number of aliphatic hydroxyl groups is 3. The summed E-state index contributed by atoms with van der Waals surface area (Å²) in [6.07, 6.45) is -8.62. The van der Waals surface area contributed by atoms with Crippen molar-refractivity contribution in [3.63, 3.8) is 0 Å². The molecule has 73 heavy (non-hydrogen) atoms. The van der Waals surface area contributed by atoms with Crippen molar-refractivity contribution in [2.75, 3.05) is 26.4 Å². The van der Waals surface area contributed by atoms with Crippen molar-refractivity contribution in [1.29, 1.82) is 0 Å². The molecule has 12 heteroatoms. The van der Waals surface area contributed by atoms with Gasteiger partial charge in [0, 0.05) is 18.4 Å². The summed E-state index contributed by atoms with van der Waals surface area (Å²) in [5, 5.41) is 37.4. The van der Waals surface area contributed by atoms with E-state index in [4.69, 9.17) is 43.6 Å². The second kappa shape index (κ2) is 32.9. The van der Waals surface area contributed by atoms with Crippen LogP contribution in [0.5, 0.6) is 0 Å². The maximum absolute atomic E-state index is 12.6. The molecule has 0 bridgehead atoms. The quantitative estimate of drug-likeness (QED) is 0.0218. The van der Waals surface area contributed by atoms with Crippen molar-refractivity contribution in [2.45, 2.75) is 122 Å². The average molecular weight is 1000 g/mol. The molecule has 392 valence electrons. The van der Waals surface area contributed by atoms with Gasteiger partial charge in [-0.25, -0.2) is 0 Å². The van der Waals surface area contributed by atoms with Crippen molar-refractivity contribution in [1.82, 2.24) is 0 Å². The van der Waals surface area contributed by atoms with E-state index in [2.05, 4.69) is 0 Å². The molecule has 0 aliphatic carbocycles. The summed E-state index contributed by atoms with van der Waals surface area (Å²) < 4.78 is 52.5. The van der Waals surface area contributed by atoms with Crippen LogP contribution < -0.4 is 5.73 Å². The average Bonchev–Trinajstić information content (AvgIpc) is 3.43. The minimum atomic E-state index is -1.98. The summed E-state index contributed by atoms with van der Waals surface area (Å²) in [4.78, 5) is 0. The molecule has 0 spiro atoms. The first kappa shape index (κ1) is 57.1. The van der Waals surface area contributed by atoms with Gasteiger partial charge in [0.2, 0.25) is 0 Å². The lowest BCUT2D eigenvalue weighted by atomic mass is 9.94. The van der Waals surface area contributed by atoms with Gasteiger partial charge in [-0.2, -0.15) is 0 Å². The van der Waals surface area contributed by atoms with Crippen LogP contribution in [-0.2, 0) is 77.5 Å². The second-order valence-corrected chi connectivity index (χ2v) is 18.6. The molecule has 0 amide bonds. The van der Waals surface area contributed by atoms with E-state index in [1.165, 1.54) is 0 Å². The SMILES string of the molecule is CC(COCc1ccccc1)C(OCc1ccccc1)C(OCc1ccccc1)C(O)C(O)OC(C(O)OCCCCCN)C(OCc1ccccc1)C(OCc1ccccc1)C(C)COCc1ccccc1. The van der Waals surface area contributed by atoms with Crippen LogP contribution in [0.4, 0.5) is 0 Å². The molecule has 0 saturated carbocycles. The fourth-order valence-electron chi connectivity index (χ4n) is 8.49. The van der Waals surface area contributed by atoms with Crippen molar-refractivity contribution >= 4 is 0 Å². The van der Waals surface area contributed by atoms with Crippen molar-refractivity contribution in [3.8, 4) is 0 Å². The number of rotatable bonds is 36. The van der Waals surface area contributed by atoms with Gasteiger partial charge in [0.25, 0.3) is 0 Å². The predicted octanol–water partition coefficient (Wildman–Crippen LogP) is 9.56. The molecule has 0 heterocycles. The summed E-state index contributed by atoms with van der Waals surface area (Å²) in [7, 11) is 0. The third-order valence-corrected chi connectivity index (χ3v) is 12.6. The largest absolute Gasteiger partial charge is 0.385 e. The maximum Gasteiger partial charge on any atom is 0.184 e. The van der Waals surface area contributed by atoms with Gasteiger partial charge in [-0.1, -0.05) is 196 Å². The maximum atomic E-state index is 12.6. The van der Waals surface area contributed by atoms with Gasteiger partial charge in [-0.3, -0.25) is 0 Å². The first-order valence-corrected chi connectivity index (χ1v) is 25.7. The highest BCUT2D eigenvalue weighted by Crippen LogP contribution is 2.29. The highest BCUT2D eigenvalue weighted by molar-refractivity contribution is 5.17. The van der Waals surface area contributed by atoms with Gasteiger partial charge in [0.05, 0.1) is 65.1 Å². The van der Waals surface area contributed by atoms with Crippen molar-refractivity contribution < 1.29 is 53.2 Å². The summed E-state index contributed by atoms with van der Waals surface area (Å²) in [6.45, 7) is 6.39. The molecule has 12 nitrogen and oxygen atoms in total. The molecule has 6 rings (SSSR count). The van der Waals surface area contributed by atoms with E-state index in [0.29, 0.717) is 26.2 Å². The molecule has 6 aromatic carbocycles. The lowest BCUT2D eigenvalue weighted by Crippen LogP contribution is -2.56. The Morgan fingerprint density at radius 1 is 0.356 bits per heavy atom. The molecule has 0 aliphatic rings. The molecule has 0 radical (unpaired) electrons. The summed E-state index contributed by atoms with van der Waals surface area (Å²) in [6, 6.07) is 58.5. The minimum Gasteiger partial charge on any atom is -0.385 e. The monoisotopic (exact) mass is 1000 g/mol. The summed E-state index contributed by atoms with van der Waals surface area (Å²) in [5.41, 5.74) is 11.4. The van der Waals surface area contributed by atoms with Gasteiger partial charge < -0.3 is 58.9 Å². The van der Waals surface area contributed by atoms with Gasteiger partial charge in [0.1, 0.15) is 24.4 Å². The number of hydrogen-bond acceptors (Lipinski definition) is 12.